The molecule has 122 valence electrons. The number of ether oxygens (including phenoxy) is 1. The second kappa shape index (κ2) is 6.20. The van der Waals surface area contributed by atoms with E-state index in [9.17, 15) is 9.59 Å². The predicted molar refractivity (Wildman–Crippen MR) is 87.1 cm³/mol. The second-order valence-electron chi connectivity index (χ2n) is 5.66. The standard InChI is InChI=1S/C16H20N4O3/c1-19-10-12(18-16(19)22)15(21)17-11-7-8-20(9-11)13-5-3-4-6-14(13)23-2/h3-6,10-11H,7-9H2,1-2H3,(H,17,21)(H,18,22). The van der Waals surface area contributed by atoms with Crippen molar-refractivity contribution in [3.05, 3.63) is 46.6 Å². The molecule has 1 unspecified atom stereocenters. The van der Waals surface area contributed by atoms with Gasteiger partial charge in [-0.25, -0.2) is 4.79 Å². The number of nitrogens with zero attached hydrogens (tertiary/aromatic N) is 2. The fraction of sp³-hybridized carbons (Fsp3) is 0.375. The second-order valence-corrected chi connectivity index (χ2v) is 5.66. The van der Waals surface area contributed by atoms with Crippen LogP contribution in [0, 0.1) is 0 Å². The molecule has 0 saturated carbocycles. The Bertz CT molecular complexity index is 765. The first kappa shape index (κ1) is 15.2. The van der Waals surface area contributed by atoms with Gasteiger partial charge in [0, 0.05) is 32.4 Å². The van der Waals surface area contributed by atoms with Crippen LogP contribution in [0.4, 0.5) is 5.69 Å². The summed E-state index contributed by atoms with van der Waals surface area (Å²) >= 11 is 0. The smallest absolute Gasteiger partial charge is 0.325 e. The number of rotatable bonds is 4. The summed E-state index contributed by atoms with van der Waals surface area (Å²) in [5, 5.41) is 2.97. The maximum absolute atomic E-state index is 12.2. The van der Waals surface area contributed by atoms with Crippen LogP contribution in [0.2, 0.25) is 0 Å². The molecule has 2 N–H and O–H groups in total. The van der Waals surface area contributed by atoms with E-state index in [1.165, 1.54) is 10.8 Å². The van der Waals surface area contributed by atoms with Gasteiger partial charge in [-0.1, -0.05) is 12.1 Å². The average molecular weight is 316 g/mol. The third-order valence-corrected chi connectivity index (χ3v) is 4.08. The van der Waals surface area contributed by atoms with E-state index in [0.29, 0.717) is 6.54 Å². The predicted octanol–water partition coefficient (Wildman–Crippen LogP) is 0.731. The van der Waals surface area contributed by atoms with Crippen LogP contribution in [0.15, 0.2) is 35.3 Å². The van der Waals surface area contributed by atoms with Gasteiger partial charge in [0.05, 0.1) is 12.8 Å². The Morgan fingerprint density at radius 2 is 2.17 bits per heavy atom. The van der Waals surface area contributed by atoms with Gasteiger partial charge in [-0.05, 0) is 18.6 Å². The van der Waals surface area contributed by atoms with Crippen molar-refractivity contribution in [3.8, 4) is 5.75 Å². The van der Waals surface area contributed by atoms with Crippen LogP contribution in [0.3, 0.4) is 0 Å². The number of carbonyl (C=O) groups excluding carboxylic acids is 1. The topological polar surface area (TPSA) is 79.4 Å². The SMILES string of the molecule is COc1ccccc1N1CCC(NC(=O)c2cn(C)c(=O)[nH]2)C1. The zero-order valence-electron chi connectivity index (χ0n) is 13.2. The van der Waals surface area contributed by atoms with Gasteiger partial charge in [0.25, 0.3) is 5.91 Å². The number of methoxy groups -OCH3 is 1. The van der Waals surface area contributed by atoms with Crippen LogP contribution in [0.1, 0.15) is 16.9 Å². The molecule has 0 spiro atoms. The maximum Gasteiger partial charge on any atom is 0.325 e. The van der Waals surface area contributed by atoms with Crippen molar-refractivity contribution in [3.63, 3.8) is 0 Å². The molecule has 0 bridgehead atoms. The zero-order chi connectivity index (χ0) is 16.4. The fourth-order valence-electron chi connectivity index (χ4n) is 2.85. The van der Waals surface area contributed by atoms with Crippen LogP contribution < -0.4 is 20.6 Å². The van der Waals surface area contributed by atoms with Crippen molar-refractivity contribution >= 4 is 11.6 Å². The van der Waals surface area contributed by atoms with E-state index in [4.69, 9.17) is 4.74 Å². The van der Waals surface area contributed by atoms with Crippen molar-refractivity contribution < 1.29 is 9.53 Å². The highest BCUT2D eigenvalue weighted by molar-refractivity contribution is 5.92. The fourth-order valence-corrected chi connectivity index (χ4v) is 2.85. The highest BCUT2D eigenvalue weighted by Crippen LogP contribution is 2.30. The number of aromatic nitrogens is 2. The van der Waals surface area contributed by atoms with Gasteiger partial charge in [0.15, 0.2) is 0 Å². The molecule has 7 heteroatoms. The van der Waals surface area contributed by atoms with E-state index in [-0.39, 0.29) is 23.3 Å². The summed E-state index contributed by atoms with van der Waals surface area (Å²) in [5.74, 6) is 0.571. The summed E-state index contributed by atoms with van der Waals surface area (Å²) < 4.78 is 6.74. The number of hydrogen-bond donors (Lipinski definition) is 2. The first-order valence-electron chi connectivity index (χ1n) is 7.53. The lowest BCUT2D eigenvalue weighted by atomic mass is 10.2. The number of benzene rings is 1. The molecule has 1 aliphatic heterocycles. The Hall–Kier alpha value is -2.70. The van der Waals surface area contributed by atoms with E-state index in [0.717, 1.165) is 24.4 Å². The van der Waals surface area contributed by atoms with Gasteiger partial charge < -0.3 is 24.5 Å². The van der Waals surface area contributed by atoms with Gasteiger partial charge >= 0.3 is 5.69 Å². The Kier molecular flexibility index (Phi) is 4.10. The minimum absolute atomic E-state index is 0.0381. The largest absolute Gasteiger partial charge is 0.495 e. The lowest BCUT2D eigenvalue weighted by molar-refractivity contribution is 0.0935. The number of anilines is 1. The summed E-state index contributed by atoms with van der Waals surface area (Å²) in [6.45, 7) is 1.56. The van der Waals surface area contributed by atoms with E-state index in [2.05, 4.69) is 15.2 Å². The molecule has 1 aliphatic rings. The summed E-state index contributed by atoms with van der Waals surface area (Å²) in [6, 6.07) is 7.88. The van der Waals surface area contributed by atoms with Crippen LogP contribution in [-0.4, -0.2) is 41.7 Å². The Morgan fingerprint density at radius 3 is 2.87 bits per heavy atom. The molecule has 23 heavy (non-hydrogen) atoms. The van der Waals surface area contributed by atoms with Crippen LogP contribution in [0.25, 0.3) is 0 Å². The van der Waals surface area contributed by atoms with Crippen molar-refractivity contribution in [1.29, 1.82) is 0 Å². The lowest BCUT2D eigenvalue weighted by Crippen LogP contribution is -2.37. The number of nitrogens with one attached hydrogen (secondary N) is 2. The number of imidazole rings is 1. The Labute approximate surface area is 133 Å². The van der Waals surface area contributed by atoms with E-state index in [1.807, 2.05) is 24.3 Å². The molecule has 1 aromatic carbocycles. The highest BCUT2D eigenvalue weighted by Gasteiger charge is 2.26. The summed E-state index contributed by atoms with van der Waals surface area (Å²) in [6.07, 6.45) is 2.35. The van der Waals surface area contributed by atoms with Gasteiger partial charge in [-0.3, -0.25) is 4.79 Å². The number of amides is 1. The molecule has 3 rings (SSSR count). The van der Waals surface area contributed by atoms with Gasteiger partial charge in [-0.15, -0.1) is 0 Å². The maximum atomic E-state index is 12.2. The first-order chi connectivity index (χ1) is 11.1. The molecule has 2 aromatic rings. The minimum Gasteiger partial charge on any atom is -0.495 e. The molecule has 1 atom stereocenters. The molecule has 0 aliphatic carbocycles. The van der Waals surface area contributed by atoms with Crippen molar-refractivity contribution in [1.82, 2.24) is 14.9 Å². The minimum atomic E-state index is -0.294. The van der Waals surface area contributed by atoms with Crippen LogP contribution in [0.5, 0.6) is 5.75 Å². The van der Waals surface area contributed by atoms with Crippen LogP contribution in [-0.2, 0) is 7.05 Å². The zero-order valence-corrected chi connectivity index (χ0v) is 13.2. The third-order valence-electron chi connectivity index (χ3n) is 4.08. The molecular weight excluding hydrogens is 296 g/mol. The summed E-state index contributed by atoms with van der Waals surface area (Å²) in [7, 11) is 3.26. The van der Waals surface area contributed by atoms with Gasteiger partial charge in [0.1, 0.15) is 11.4 Å². The first-order valence-corrected chi connectivity index (χ1v) is 7.53. The van der Waals surface area contributed by atoms with E-state index in [1.54, 1.807) is 14.2 Å². The Morgan fingerprint density at radius 1 is 1.39 bits per heavy atom. The van der Waals surface area contributed by atoms with E-state index < -0.39 is 0 Å². The molecule has 1 amide bonds. The normalized spacial score (nSPS) is 17.3. The van der Waals surface area contributed by atoms with Gasteiger partial charge in [0.2, 0.25) is 0 Å². The lowest BCUT2D eigenvalue weighted by Gasteiger charge is -2.21. The molecule has 1 aromatic heterocycles. The number of hydrogen-bond acceptors (Lipinski definition) is 4. The number of H-pyrrole nitrogens is 1. The number of aryl methyl sites for hydroxylation is 1. The molecule has 0 radical (unpaired) electrons. The van der Waals surface area contributed by atoms with E-state index >= 15 is 0 Å². The number of para-hydroxylation sites is 2. The average Bonchev–Trinajstić information content (AvgIpc) is 3.14. The Balaban J connectivity index is 1.66. The molecule has 1 saturated heterocycles. The quantitative estimate of drug-likeness (QED) is 0.871. The van der Waals surface area contributed by atoms with Gasteiger partial charge in [-0.2, -0.15) is 0 Å². The van der Waals surface area contributed by atoms with Crippen molar-refractivity contribution in [2.75, 3.05) is 25.1 Å². The number of carbonyl (C=O) groups is 1. The van der Waals surface area contributed by atoms with Crippen LogP contribution >= 0.6 is 0 Å². The third kappa shape index (κ3) is 3.08. The summed E-state index contributed by atoms with van der Waals surface area (Å²) in [4.78, 5) is 28.3. The molecule has 2 heterocycles. The van der Waals surface area contributed by atoms with Crippen molar-refractivity contribution in [2.45, 2.75) is 12.5 Å². The summed E-state index contributed by atoms with van der Waals surface area (Å²) in [5.41, 5.74) is 1.02. The number of aromatic amines is 1. The molecule has 7 nitrogen and oxygen atoms in total. The molecule has 1 fully saturated rings. The monoisotopic (exact) mass is 316 g/mol. The van der Waals surface area contributed by atoms with Crippen molar-refractivity contribution in [2.24, 2.45) is 7.05 Å². The molecular formula is C16H20N4O3. The highest BCUT2D eigenvalue weighted by atomic mass is 16.5.